The highest BCUT2D eigenvalue weighted by molar-refractivity contribution is 9.10. The molecule has 1 aromatic carbocycles. The van der Waals surface area contributed by atoms with E-state index in [1.807, 2.05) is 0 Å². The summed E-state index contributed by atoms with van der Waals surface area (Å²) >= 11 is 4.59. The summed E-state index contributed by atoms with van der Waals surface area (Å²) in [5.74, 6) is 5.30. The van der Waals surface area contributed by atoms with Crippen LogP contribution in [0.25, 0.3) is 0 Å². The Kier molecular flexibility index (Phi) is 5.13. The molecule has 2 aromatic rings. The van der Waals surface area contributed by atoms with Crippen molar-refractivity contribution in [2.75, 3.05) is 11.9 Å². The number of carbonyl (C=O) groups is 1. The smallest absolute Gasteiger partial charge is 0.267 e. The van der Waals surface area contributed by atoms with Gasteiger partial charge in [-0.05, 0) is 29.6 Å². The number of thiophene rings is 1. The highest BCUT2D eigenvalue weighted by Crippen LogP contribution is 2.23. The largest absolute Gasteiger partial charge is 0.320 e. The van der Waals surface area contributed by atoms with E-state index in [1.165, 1.54) is 11.3 Å². The molecule has 0 saturated carbocycles. The molecule has 0 spiro atoms. The Hall–Kier alpha value is -2.12. The SMILES string of the molecule is N#Cc1cc(Br)ccc1NC(=O)c1sccc1C#CCN. The fourth-order valence-corrected chi connectivity index (χ4v) is 2.73. The Bertz CT molecular complexity index is 780. The van der Waals surface area contributed by atoms with Crippen molar-refractivity contribution < 1.29 is 4.79 Å². The molecule has 0 unspecified atom stereocenters. The summed E-state index contributed by atoms with van der Waals surface area (Å²) in [6.45, 7) is 0.238. The van der Waals surface area contributed by atoms with Crippen molar-refractivity contribution in [2.45, 2.75) is 0 Å². The first kappa shape index (κ1) is 15.3. The van der Waals surface area contributed by atoms with Crippen molar-refractivity contribution in [1.29, 1.82) is 5.26 Å². The van der Waals surface area contributed by atoms with Crippen LogP contribution in [-0.2, 0) is 0 Å². The van der Waals surface area contributed by atoms with E-state index < -0.39 is 0 Å². The molecule has 104 valence electrons. The molecule has 0 aliphatic heterocycles. The molecule has 0 saturated heterocycles. The number of hydrogen-bond donors (Lipinski definition) is 2. The maximum absolute atomic E-state index is 12.3. The molecule has 2 rings (SSSR count). The van der Waals surface area contributed by atoms with Gasteiger partial charge in [-0.25, -0.2) is 0 Å². The lowest BCUT2D eigenvalue weighted by Gasteiger charge is -2.06. The third-order valence-electron chi connectivity index (χ3n) is 2.55. The molecular formula is C15H10BrN3OS. The van der Waals surface area contributed by atoms with E-state index in [4.69, 9.17) is 11.0 Å². The van der Waals surface area contributed by atoms with E-state index in [9.17, 15) is 4.79 Å². The second kappa shape index (κ2) is 7.05. The zero-order valence-corrected chi connectivity index (χ0v) is 13.2. The molecule has 4 nitrogen and oxygen atoms in total. The number of hydrogen-bond acceptors (Lipinski definition) is 4. The first-order valence-electron chi connectivity index (χ1n) is 5.93. The summed E-state index contributed by atoms with van der Waals surface area (Å²) in [5.41, 5.74) is 6.83. The van der Waals surface area contributed by atoms with Gasteiger partial charge in [-0.1, -0.05) is 27.8 Å². The fraction of sp³-hybridized carbons (Fsp3) is 0.0667. The number of anilines is 1. The normalized spacial score (nSPS) is 9.38. The summed E-state index contributed by atoms with van der Waals surface area (Å²) in [6.07, 6.45) is 0. The minimum Gasteiger partial charge on any atom is -0.320 e. The zero-order valence-electron chi connectivity index (χ0n) is 10.8. The van der Waals surface area contributed by atoms with Crippen molar-refractivity contribution >= 4 is 38.9 Å². The Labute approximate surface area is 134 Å². The van der Waals surface area contributed by atoms with Gasteiger partial charge in [0.25, 0.3) is 5.91 Å². The van der Waals surface area contributed by atoms with Gasteiger partial charge >= 0.3 is 0 Å². The van der Waals surface area contributed by atoms with E-state index in [0.29, 0.717) is 21.7 Å². The maximum Gasteiger partial charge on any atom is 0.267 e. The average Bonchev–Trinajstić information content (AvgIpc) is 2.95. The van der Waals surface area contributed by atoms with Gasteiger partial charge < -0.3 is 11.1 Å². The Morgan fingerprint density at radius 2 is 2.19 bits per heavy atom. The van der Waals surface area contributed by atoms with Crippen LogP contribution < -0.4 is 11.1 Å². The lowest BCUT2D eigenvalue weighted by molar-refractivity contribution is 0.103. The van der Waals surface area contributed by atoms with E-state index in [2.05, 4.69) is 39.2 Å². The van der Waals surface area contributed by atoms with Crippen LogP contribution in [-0.4, -0.2) is 12.5 Å². The standard InChI is InChI=1S/C15H10BrN3OS/c16-12-3-4-13(11(8-12)9-18)19-15(20)14-10(2-1-6-17)5-7-21-14/h3-5,7-8H,6,17H2,(H,19,20). The monoisotopic (exact) mass is 359 g/mol. The third kappa shape index (κ3) is 3.71. The molecule has 6 heteroatoms. The van der Waals surface area contributed by atoms with Gasteiger partial charge in [0.2, 0.25) is 0 Å². The van der Waals surface area contributed by atoms with Gasteiger partial charge in [0.1, 0.15) is 10.9 Å². The summed E-state index contributed by atoms with van der Waals surface area (Å²) in [7, 11) is 0. The third-order valence-corrected chi connectivity index (χ3v) is 3.95. The number of nitrogens with one attached hydrogen (secondary N) is 1. The predicted octanol–water partition coefficient (Wildman–Crippen LogP) is 2.94. The number of halogens is 1. The van der Waals surface area contributed by atoms with E-state index in [0.717, 1.165) is 4.47 Å². The number of benzene rings is 1. The Morgan fingerprint density at radius 1 is 1.38 bits per heavy atom. The fourth-order valence-electron chi connectivity index (χ4n) is 1.63. The van der Waals surface area contributed by atoms with Crippen LogP contribution in [0, 0.1) is 23.2 Å². The molecule has 1 amide bonds. The van der Waals surface area contributed by atoms with Gasteiger partial charge in [0, 0.05) is 10.0 Å². The zero-order chi connectivity index (χ0) is 15.2. The molecule has 0 aliphatic rings. The molecule has 1 aromatic heterocycles. The highest BCUT2D eigenvalue weighted by atomic mass is 79.9. The van der Waals surface area contributed by atoms with Crippen molar-refractivity contribution in [1.82, 2.24) is 0 Å². The van der Waals surface area contributed by atoms with Gasteiger partial charge in [0.05, 0.1) is 17.8 Å². The molecule has 0 atom stereocenters. The van der Waals surface area contributed by atoms with Crippen LogP contribution in [0.2, 0.25) is 0 Å². The number of nitrogens with two attached hydrogens (primary N) is 1. The molecule has 1 heterocycles. The first-order valence-corrected chi connectivity index (χ1v) is 7.60. The minimum atomic E-state index is -0.287. The lowest BCUT2D eigenvalue weighted by Crippen LogP contribution is -2.12. The number of nitrogens with zero attached hydrogens (tertiary/aromatic N) is 1. The molecular weight excluding hydrogens is 350 g/mol. The number of rotatable bonds is 2. The summed E-state index contributed by atoms with van der Waals surface area (Å²) in [6, 6.07) is 8.92. The minimum absolute atomic E-state index is 0.238. The van der Waals surface area contributed by atoms with Crippen LogP contribution in [0.4, 0.5) is 5.69 Å². The van der Waals surface area contributed by atoms with Crippen LogP contribution in [0.1, 0.15) is 20.8 Å². The van der Waals surface area contributed by atoms with E-state index >= 15 is 0 Å². The highest BCUT2D eigenvalue weighted by Gasteiger charge is 2.14. The summed E-state index contributed by atoms with van der Waals surface area (Å²) in [5, 5.41) is 13.6. The predicted molar refractivity (Wildman–Crippen MR) is 87.1 cm³/mol. The molecule has 0 bridgehead atoms. The molecule has 21 heavy (non-hydrogen) atoms. The van der Waals surface area contributed by atoms with Gasteiger partial charge in [-0.15, -0.1) is 11.3 Å². The quantitative estimate of drug-likeness (QED) is 0.809. The van der Waals surface area contributed by atoms with Crippen molar-refractivity contribution in [3.63, 3.8) is 0 Å². The van der Waals surface area contributed by atoms with Crippen molar-refractivity contribution in [3.05, 3.63) is 50.1 Å². The Morgan fingerprint density at radius 3 is 2.90 bits per heavy atom. The summed E-state index contributed by atoms with van der Waals surface area (Å²) < 4.78 is 0.780. The topological polar surface area (TPSA) is 78.9 Å². The number of carbonyl (C=O) groups excluding carboxylic acids is 1. The Balaban J connectivity index is 2.27. The van der Waals surface area contributed by atoms with Crippen LogP contribution in [0.15, 0.2) is 34.1 Å². The molecule has 0 fully saturated rings. The number of amides is 1. The van der Waals surface area contributed by atoms with Crippen molar-refractivity contribution in [2.24, 2.45) is 5.73 Å². The van der Waals surface area contributed by atoms with Crippen LogP contribution in [0.5, 0.6) is 0 Å². The van der Waals surface area contributed by atoms with E-state index in [1.54, 1.807) is 29.6 Å². The maximum atomic E-state index is 12.3. The molecule has 0 radical (unpaired) electrons. The van der Waals surface area contributed by atoms with Crippen molar-refractivity contribution in [3.8, 4) is 17.9 Å². The second-order valence-corrected chi connectivity index (χ2v) is 5.76. The first-order chi connectivity index (χ1) is 10.2. The molecule has 0 aliphatic carbocycles. The average molecular weight is 360 g/mol. The summed E-state index contributed by atoms with van der Waals surface area (Å²) in [4.78, 5) is 12.8. The molecule has 3 N–H and O–H groups in total. The number of nitriles is 1. The van der Waals surface area contributed by atoms with Gasteiger partial charge in [-0.2, -0.15) is 5.26 Å². The van der Waals surface area contributed by atoms with Crippen LogP contribution in [0.3, 0.4) is 0 Å². The van der Waals surface area contributed by atoms with E-state index in [-0.39, 0.29) is 12.5 Å². The van der Waals surface area contributed by atoms with Gasteiger partial charge in [0.15, 0.2) is 0 Å². The van der Waals surface area contributed by atoms with Crippen LogP contribution >= 0.6 is 27.3 Å². The second-order valence-electron chi connectivity index (χ2n) is 3.93. The van der Waals surface area contributed by atoms with Gasteiger partial charge in [-0.3, -0.25) is 4.79 Å². The lowest BCUT2D eigenvalue weighted by atomic mass is 10.2.